The largest absolute Gasteiger partial charge is 0.373 e. The van der Waals surface area contributed by atoms with Crippen molar-refractivity contribution in [3.8, 4) is 5.69 Å². The summed E-state index contributed by atoms with van der Waals surface area (Å²) in [5, 5.41) is 18.2. The zero-order valence-corrected chi connectivity index (χ0v) is 16.0. The fourth-order valence-electron chi connectivity index (χ4n) is 2.39. The van der Waals surface area contributed by atoms with Gasteiger partial charge < -0.3 is 16.0 Å². The molecule has 3 rings (SSSR count). The van der Waals surface area contributed by atoms with Crippen LogP contribution in [-0.2, 0) is 6.54 Å². The molecule has 136 valence electrons. The van der Waals surface area contributed by atoms with Crippen molar-refractivity contribution < 1.29 is 0 Å². The van der Waals surface area contributed by atoms with E-state index < -0.39 is 0 Å². The summed E-state index contributed by atoms with van der Waals surface area (Å²) >= 11 is 12.9. The molecular formula is C16H18Cl2N8. The summed E-state index contributed by atoms with van der Waals surface area (Å²) in [6.07, 6.45) is 1.77. The standard InChI is InChI=1S/C16H18Cl2N8/c1-9-6-13(20-3)23-16(21-9)22-12-5-4-11(17)15(14(12)18)26-8-10(7-19-2)24-25-26/h4-6,8,19H,7H2,1-3H3,(H2,20,21,22,23). The van der Waals surface area contributed by atoms with Gasteiger partial charge in [0.05, 0.1) is 27.6 Å². The lowest BCUT2D eigenvalue weighted by molar-refractivity contribution is 0.767. The first kappa shape index (κ1) is 18.4. The van der Waals surface area contributed by atoms with E-state index in [0.29, 0.717) is 39.7 Å². The van der Waals surface area contributed by atoms with Crippen molar-refractivity contribution in [3.63, 3.8) is 0 Å². The van der Waals surface area contributed by atoms with E-state index in [0.717, 1.165) is 11.4 Å². The van der Waals surface area contributed by atoms with Crippen molar-refractivity contribution >= 4 is 40.7 Å². The molecule has 0 fully saturated rings. The van der Waals surface area contributed by atoms with Crippen LogP contribution in [0.3, 0.4) is 0 Å². The Hall–Kier alpha value is -2.42. The highest BCUT2D eigenvalue weighted by atomic mass is 35.5. The lowest BCUT2D eigenvalue weighted by atomic mass is 10.2. The van der Waals surface area contributed by atoms with Gasteiger partial charge in [0.2, 0.25) is 5.95 Å². The molecule has 0 bridgehead atoms. The van der Waals surface area contributed by atoms with Gasteiger partial charge in [-0.25, -0.2) is 9.67 Å². The summed E-state index contributed by atoms with van der Waals surface area (Å²) in [7, 11) is 3.64. The van der Waals surface area contributed by atoms with Gasteiger partial charge in [-0.3, -0.25) is 0 Å². The van der Waals surface area contributed by atoms with Gasteiger partial charge in [0.25, 0.3) is 0 Å². The zero-order chi connectivity index (χ0) is 18.7. The number of aryl methyl sites for hydroxylation is 1. The number of benzene rings is 1. The van der Waals surface area contributed by atoms with E-state index in [1.807, 2.05) is 20.0 Å². The Labute approximate surface area is 160 Å². The fraction of sp³-hybridized carbons (Fsp3) is 0.250. The molecule has 0 unspecified atom stereocenters. The molecule has 0 amide bonds. The van der Waals surface area contributed by atoms with Crippen molar-refractivity contribution in [2.45, 2.75) is 13.5 Å². The first-order valence-corrected chi connectivity index (χ1v) is 8.62. The van der Waals surface area contributed by atoms with E-state index >= 15 is 0 Å². The smallest absolute Gasteiger partial charge is 0.229 e. The highest BCUT2D eigenvalue weighted by molar-refractivity contribution is 6.39. The molecule has 0 saturated carbocycles. The van der Waals surface area contributed by atoms with Crippen molar-refractivity contribution in [3.05, 3.63) is 45.8 Å². The van der Waals surface area contributed by atoms with E-state index in [4.69, 9.17) is 23.2 Å². The average molecular weight is 393 g/mol. The maximum atomic E-state index is 6.58. The number of rotatable bonds is 6. The summed E-state index contributed by atoms with van der Waals surface area (Å²) in [6.45, 7) is 2.48. The second-order valence-electron chi connectivity index (χ2n) is 5.54. The Bertz CT molecular complexity index is 925. The van der Waals surface area contributed by atoms with Crippen LogP contribution in [0.4, 0.5) is 17.5 Å². The molecule has 2 aromatic heterocycles. The quantitative estimate of drug-likeness (QED) is 0.592. The van der Waals surface area contributed by atoms with Crippen LogP contribution in [0.1, 0.15) is 11.4 Å². The molecule has 3 aromatic rings. The van der Waals surface area contributed by atoms with Crippen LogP contribution in [0.25, 0.3) is 5.69 Å². The van der Waals surface area contributed by atoms with Gasteiger partial charge in [0.15, 0.2) is 0 Å². The molecule has 26 heavy (non-hydrogen) atoms. The van der Waals surface area contributed by atoms with Gasteiger partial charge in [-0.15, -0.1) is 5.10 Å². The summed E-state index contributed by atoms with van der Waals surface area (Å²) in [4.78, 5) is 8.75. The number of hydrogen-bond donors (Lipinski definition) is 3. The number of nitrogens with zero attached hydrogens (tertiary/aromatic N) is 5. The van der Waals surface area contributed by atoms with Crippen LogP contribution in [-0.4, -0.2) is 39.1 Å². The molecule has 10 heteroatoms. The van der Waals surface area contributed by atoms with Crippen LogP contribution >= 0.6 is 23.2 Å². The minimum Gasteiger partial charge on any atom is -0.373 e. The van der Waals surface area contributed by atoms with Crippen LogP contribution in [0.2, 0.25) is 10.0 Å². The lowest BCUT2D eigenvalue weighted by Gasteiger charge is -2.13. The van der Waals surface area contributed by atoms with Crippen LogP contribution < -0.4 is 16.0 Å². The summed E-state index contributed by atoms with van der Waals surface area (Å²) in [5.41, 5.74) is 2.75. The molecule has 8 nitrogen and oxygen atoms in total. The molecule has 0 aliphatic carbocycles. The van der Waals surface area contributed by atoms with E-state index in [-0.39, 0.29) is 0 Å². The molecular weight excluding hydrogens is 375 g/mol. The Morgan fingerprint density at radius 3 is 2.69 bits per heavy atom. The normalized spacial score (nSPS) is 10.8. The maximum absolute atomic E-state index is 6.58. The number of halogens is 2. The number of anilines is 3. The summed E-state index contributed by atoms with van der Waals surface area (Å²) in [5.74, 6) is 1.14. The SMILES string of the molecule is CNCc1cn(-c2c(Cl)ccc(Nc3nc(C)cc(NC)n3)c2Cl)nn1. The zero-order valence-electron chi connectivity index (χ0n) is 14.5. The molecule has 0 radical (unpaired) electrons. The predicted octanol–water partition coefficient (Wildman–Crippen LogP) is 3.18. The minimum absolute atomic E-state index is 0.398. The highest BCUT2D eigenvalue weighted by Crippen LogP contribution is 2.35. The van der Waals surface area contributed by atoms with Gasteiger partial charge in [0, 0.05) is 25.4 Å². The molecule has 0 atom stereocenters. The van der Waals surface area contributed by atoms with Gasteiger partial charge in [-0.05, 0) is 26.1 Å². The minimum atomic E-state index is 0.398. The molecule has 1 aromatic carbocycles. The number of aromatic nitrogens is 5. The molecule has 0 saturated heterocycles. The van der Waals surface area contributed by atoms with E-state index in [2.05, 4.69) is 36.2 Å². The van der Waals surface area contributed by atoms with E-state index in [1.54, 1.807) is 30.1 Å². The van der Waals surface area contributed by atoms with Gasteiger partial charge in [-0.2, -0.15) is 4.98 Å². The molecule has 3 N–H and O–H groups in total. The third-order valence-electron chi connectivity index (χ3n) is 3.55. The Morgan fingerprint density at radius 1 is 1.15 bits per heavy atom. The predicted molar refractivity (Wildman–Crippen MR) is 104 cm³/mol. The Balaban J connectivity index is 1.98. The summed E-state index contributed by atoms with van der Waals surface area (Å²) < 4.78 is 1.55. The Morgan fingerprint density at radius 2 is 1.96 bits per heavy atom. The van der Waals surface area contributed by atoms with Crippen molar-refractivity contribution in [1.82, 2.24) is 30.3 Å². The fourth-order valence-corrected chi connectivity index (χ4v) is 2.98. The highest BCUT2D eigenvalue weighted by Gasteiger charge is 2.16. The monoisotopic (exact) mass is 392 g/mol. The van der Waals surface area contributed by atoms with Crippen LogP contribution in [0.5, 0.6) is 0 Å². The first-order valence-electron chi connectivity index (χ1n) is 7.86. The second-order valence-corrected chi connectivity index (χ2v) is 6.32. The van der Waals surface area contributed by atoms with E-state index in [1.165, 1.54) is 0 Å². The molecule has 0 aliphatic heterocycles. The first-order chi connectivity index (χ1) is 12.5. The maximum Gasteiger partial charge on any atom is 0.229 e. The number of hydrogen-bond acceptors (Lipinski definition) is 7. The Kier molecular flexibility index (Phi) is 5.55. The van der Waals surface area contributed by atoms with Crippen molar-refractivity contribution in [2.75, 3.05) is 24.7 Å². The lowest BCUT2D eigenvalue weighted by Crippen LogP contribution is -2.05. The third kappa shape index (κ3) is 3.87. The van der Waals surface area contributed by atoms with E-state index in [9.17, 15) is 0 Å². The number of nitrogens with one attached hydrogen (secondary N) is 3. The van der Waals surface area contributed by atoms with Gasteiger partial charge in [-0.1, -0.05) is 28.4 Å². The molecule has 2 heterocycles. The van der Waals surface area contributed by atoms with Crippen LogP contribution in [0, 0.1) is 6.92 Å². The third-order valence-corrected chi connectivity index (χ3v) is 4.24. The second kappa shape index (κ2) is 7.86. The average Bonchev–Trinajstić information content (AvgIpc) is 3.05. The molecule has 0 spiro atoms. The van der Waals surface area contributed by atoms with Crippen LogP contribution in [0.15, 0.2) is 24.4 Å². The van der Waals surface area contributed by atoms with Gasteiger partial charge in [0.1, 0.15) is 11.5 Å². The molecule has 0 aliphatic rings. The van der Waals surface area contributed by atoms with Gasteiger partial charge >= 0.3 is 0 Å². The van der Waals surface area contributed by atoms with Crippen molar-refractivity contribution in [1.29, 1.82) is 0 Å². The topological polar surface area (TPSA) is 92.6 Å². The summed E-state index contributed by atoms with van der Waals surface area (Å²) in [6, 6.07) is 5.35. The van der Waals surface area contributed by atoms with Crippen molar-refractivity contribution in [2.24, 2.45) is 0 Å².